The Morgan fingerprint density at radius 3 is 2.56 bits per heavy atom. The summed E-state index contributed by atoms with van der Waals surface area (Å²) in [7, 11) is 0. The second kappa shape index (κ2) is 8.80. The van der Waals surface area contributed by atoms with Crippen molar-refractivity contribution >= 4 is 17.4 Å². The minimum atomic E-state index is -0.308. The molecule has 1 heterocycles. The summed E-state index contributed by atoms with van der Waals surface area (Å²) in [6.45, 7) is 5.23. The SMILES string of the molecule is CCOc1ccc(NC(=O)c2cnc(NCc3cccc(C)c3)cn2)cc1. The number of hydrogen-bond acceptors (Lipinski definition) is 5. The van der Waals surface area contributed by atoms with E-state index in [9.17, 15) is 4.79 Å². The van der Waals surface area contributed by atoms with Gasteiger partial charge in [-0.05, 0) is 43.7 Å². The maximum Gasteiger partial charge on any atom is 0.275 e. The lowest BCUT2D eigenvalue weighted by molar-refractivity contribution is 0.102. The summed E-state index contributed by atoms with van der Waals surface area (Å²) < 4.78 is 5.38. The summed E-state index contributed by atoms with van der Waals surface area (Å²) in [6.07, 6.45) is 3.02. The second-order valence-electron chi connectivity index (χ2n) is 6.04. The Hall–Kier alpha value is -3.41. The molecule has 2 N–H and O–H groups in total. The highest BCUT2D eigenvalue weighted by Gasteiger charge is 2.09. The molecule has 0 saturated heterocycles. The molecule has 0 atom stereocenters. The molecule has 6 nitrogen and oxygen atoms in total. The maximum absolute atomic E-state index is 12.3. The molecule has 2 aromatic carbocycles. The van der Waals surface area contributed by atoms with E-state index in [4.69, 9.17) is 4.74 Å². The molecule has 0 unspecified atom stereocenters. The van der Waals surface area contributed by atoms with Gasteiger partial charge in [-0.1, -0.05) is 29.8 Å². The second-order valence-corrected chi connectivity index (χ2v) is 6.04. The van der Waals surface area contributed by atoms with E-state index in [1.54, 1.807) is 18.3 Å². The van der Waals surface area contributed by atoms with Crippen LogP contribution in [0.1, 0.15) is 28.5 Å². The van der Waals surface area contributed by atoms with Gasteiger partial charge in [-0.3, -0.25) is 4.79 Å². The Labute approximate surface area is 158 Å². The van der Waals surface area contributed by atoms with Gasteiger partial charge in [0.05, 0.1) is 19.0 Å². The molecule has 0 saturated carbocycles. The highest BCUT2D eigenvalue weighted by molar-refractivity contribution is 6.02. The van der Waals surface area contributed by atoms with Crippen molar-refractivity contribution in [3.05, 3.63) is 77.7 Å². The zero-order valence-corrected chi connectivity index (χ0v) is 15.4. The van der Waals surface area contributed by atoms with Crippen LogP contribution in [0.15, 0.2) is 60.9 Å². The van der Waals surface area contributed by atoms with E-state index < -0.39 is 0 Å². The molecule has 0 aliphatic rings. The number of carbonyl (C=O) groups is 1. The smallest absolute Gasteiger partial charge is 0.275 e. The predicted molar refractivity (Wildman–Crippen MR) is 106 cm³/mol. The molecular weight excluding hydrogens is 340 g/mol. The Balaban J connectivity index is 1.56. The van der Waals surface area contributed by atoms with E-state index >= 15 is 0 Å². The highest BCUT2D eigenvalue weighted by atomic mass is 16.5. The zero-order valence-electron chi connectivity index (χ0n) is 15.4. The van der Waals surface area contributed by atoms with E-state index in [2.05, 4.69) is 39.7 Å². The molecule has 3 rings (SSSR count). The minimum absolute atomic E-state index is 0.255. The number of ether oxygens (including phenoxy) is 1. The van der Waals surface area contributed by atoms with E-state index in [-0.39, 0.29) is 11.6 Å². The van der Waals surface area contributed by atoms with Gasteiger partial charge in [-0.25, -0.2) is 9.97 Å². The third-order valence-corrected chi connectivity index (χ3v) is 3.86. The van der Waals surface area contributed by atoms with Crippen LogP contribution >= 0.6 is 0 Å². The normalized spacial score (nSPS) is 10.3. The summed E-state index contributed by atoms with van der Waals surface area (Å²) in [6, 6.07) is 15.4. The summed E-state index contributed by atoms with van der Waals surface area (Å²) in [4.78, 5) is 20.7. The highest BCUT2D eigenvalue weighted by Crippen LogP contribution is 2.16. The number of nitrogens with zero attached hydrogens (tertiary/aromatic N) is 2. The third kappa shape index (κ3) is 5.28. The van der Waals surface area contributed by atoms with Crippen molar-refractivity contribution in [2.24, 2.45) is 0 Å². The zero-order chi connectivity index (χ0) is 19.1. The predicted octanol–water partition coefficient (Wildman–Crippen LogP) is 4.05. The van der Waals surface area contributed by atoms with Gasteiger partial charge in [0.15, 0.2) is 0 Å². The van der Waals surface area contributed by atoms with Crippen molar-refractivity contribution in [2.45, 2.75) is 20.4 Å². The van der Waals surface area contributed by atoms with Gasteiger partial charge in [0.25, 0.3) is 5.91 Å². The largest absolute Gasteiger partial charge is 0.494 e. The Kier molecular flexibility index (Phi) is 5.99. The van der Waals surface area contributed by atoms with Crippen LogP contribution < -0.4 is 15.4 Å². The van der Waals surface area contributed by atoms with Crippen molar-refractivity contribution in [1.82, 2.24) is 9.97 Å². The van der Waals surface area contributed by atoms with Crippen LogP contribution in [-0.4, -0.2) is 22.5 Å². The molecule has 1 aromatic heterocycles. The summed E-state index contributed by atoms with van der Waals surface area (Å²) in [5.74, 6) is 1.07. The lowest BCUT2D eigenvalue weighted by Gasteiger charge is -2.08. The molecule has 0 fully saturated rings. The van der Waals surface area contributed by atoms with Crippen LogP contribution in [0, 0.1) is 6.92 Å². The van der Waals surface area contributed by atoms with Crippen LogP contribution in [0.25, 0.3) is 0 Å². The molecule has 0 bridgehead atoms. The van der Waals surface area contributed by atoms with Gasteiger partial charge in [-0.2, -0.15) is 0 Å². The molecule has 0 aliphatic carbocycles. The number of rotatable bonds is 7. The first kappa shape index (κ1) is 18.4. The quantitative estimate of drug-likeness (QED) is 0.663. The van der Waals surface area contributed by atoms with Gasteiger partial charge in [0, 0.05) is 12.2 Å². The average Bonchev–Trinajstić information content (AvgIpc) is 2.68. The monoisotopic (exact) mass is 362 g/mol. The van der Waals surface area contributed by atoms with Crippen LogP contribution in [0.5, 0.6) is 5.75 Å². The van der Waals surface area contributed by atoms with Crippen molar-refractivity contribution in [2.75, 3.05) is 17.2 Å². The van der Waals surface area contributed by atoms with Crippen molar-refractivity contribution in [3.63, 3.8) is 0 Å². The van der Waals surface area contributed by atoms with Gasteiger partial charge >= 0.3 is 0 Å². The topological polar surface area (TPSA) is 76.1 Å². The van der Waals surface area contributed by atoms with E-state index in [1.165, 1.54) is 11.8 Å². The number of amides is 1. The molecule has 1 amide bonds. The molecule has 6 heteroatoms. The minimum Gasteiger partial charge on any atom is -0.494 e. The number of benzene rings is 2. The van der Waals surface area contributed by atoms with Crippen LogP contribution in [0.2, 0.25) is 0 Å². The Morgan fingerprint density at radius 2 is 1.89 bits per heavy atom. The van der Waals surface area contributed by atoms with E-state index in [0.717, 1.165) is 11.3 Å². The number of aromatic nitrogens is 2. The fraction of sp³-hybridized carbons (Fsp3) is 0.190. The number of carbonyl (C=O) groups excluding carboxylic acids is 1. The third-order valence-electron chi connectivity index (χ3n) is 3.86. The first-order chi connectivity index (χ1) is 13.1. The maximum atomic E-state index is 12.3. The molecule has 0 aliphatic heterocycles. The Morgan fingerprint density at radius 1 is 1.07 bits per heavy atom. The molecule has 3 aromatic rings. The first-order valence-electron chi connectivity index (χ1n) is 8.79. The van der Waals surface area contributed by atoms with Crippen LogP contribution in [0.4, 0.5) is 11.5 Å². The fourth-order valence-corrected chi connectivity index (χ4v) is 2.55. The van der Waals surface area contributed by atoms with Crippen molar-refractivity contribution < 1.29 is 9.53 Å². The van der Waals surface area contributed by atoms with Gasteiger partial charge in [0.1, 0.15) is 17.3 Å². The molecule has 0 spiro atoms. The summed E-state index contributed by atoms with van der Waals surface area (Å²) in [5.41, 5.74) is 3.30. The summed E-state index contributed by atoms with van der Waals surface area (Å²) in [5, 5.41) is 6.00. The number of anilines is 2. The molecule has 0 radical (unpaired) electrons. The lowest BCUT2D eigenvalue weighted by atomic mass is 10.1. The number of hydrogen-bond donors (Lipinski definition) is 2. The van der Waals surface area contributed by atoms with E-state index in [1.807, 2.05) is 31.2 Å². The van der Waals surface area contributed by atoms with Gasteiger partial charge in [0.2, 0.25) is 0 Å². The van der Waals surface area contributed by atoms with E-state index in [0.29, 0.717) is 24.7 Å². The fourth-order valence-electron chi connectivity index (χ4n) is 2.55. The Bertz CT molecular complexity index is 893. The standard InChI is InChI=1S/C21H22N4O2/c1-3-27-18-9-7-17(8-10-18)25-21(26)19-13-24-20(14-22-19)23-12-16-6-4-5-15(2)11-16/h4-11,13-14H,3,12H2,1-2H3,(H,23,24)(H,25,26). The van der Waals surface area contributed by atoms with Gasteiger partial charge < -0.3 is 15.4 Å². The summed E-state index contributed by atoms with van der Waals surface area (Å²) >= 11 is 0. The molecule has 27 heavy (non-hydrogen) atoms. The molecular formula is C21H22N4O2. The lowest BCUT2D eigenvalue weighted by Crippen LogP contribution is -2.14. The first-order valence-corrected chi connectivity index (χ1v) is 8.79. The number of aryl methyl sites for hydroxylation is 1. The molecule has 138 valence electrons. The van der Waals surface area contributed by atoms with Crippen LogP contribution in [-0.2, 0) is 6.54 Å². The van der Waals surface area contributed by atoms with Crippen molar-refractivity contribution in [1.29, 1.82) is 0 Å². The van der Waals surface area contributed by atoms with Crippen LogP contribution in [0.3, 0.4) is 0 Å². The van der Waals surface area contributed by atoms with Crippen molar-refractivity contribution in [3.8, 4) is 5.75 Å². The van der Waals surface area contributed by atoms with Gasteiger partial charge in [-0.15, -0.1) is 0 Å². The average molecular weight is 362 g/mol. The number of nitrogens with one attached hydrogen (secondary N) is 2.